The Labute approximate surface area is 150 Å². The Morgan fingerprint density at radius 3 is 1.78 bits per heavy atom. The first-order chi connectivity index (χ1) is 10.9. The molecule has 0 amide bonds. The van der Waals surface area contributed by atoms with Crippen molar-refractivity contribution in [2.24, 2.45) is 4.90 Å². The topological polar surface area (TPSA) is 21.6 Å². The van der Waals surface area contributed by atoms with E-state index >= 15 is 0 Å². The molecule has 0 unspecified atom stereocenters. The van der Waals surface area contributed by atoms with Gasteiger partial charge < -0.3 is 9.56 Å². The van der Waals surface area contributed by atoms with E-state index in [0.717, 1.165) is 10.9 Å². The molecule has 23 heavy (non-hydrogen) atoms. The third kappa shape index (κ3) is 3.28. The lowest BCUT2D eigenvalue weighted by Gasteiger charge is -2.44. The molecule has 3 rings (SSSR count). The van der Waals surface area contributed by atoms with Crippen LogP contribution in [0.4, 0.5) is 0 Å². The predicted molar refractivity (Wildman–Crippen MR) is 100 cm³/mol. The normalized spacial score (nSPS) is 17.0. The van der Waals surface area contributed by atoms with Gasteiger partial charge in [0.1, 0.15) is 0 Å². The van der Waals surface area contributed by atoms with Crippen molar-refractivity contribution in [1.82, 2.24) is 0 Å². The molecule has 0 fully saturated rings. The molecule has 0 aliphatic carbocycles. The molecule has 1 aliphatic rings. The van der Waals surface area contributed by atoms with Crippen LogP contribution in [0.5, 0.6) is 0 Å². The van der Waals surface area contributed by atoms with E-state index in [9.17, 15) is 0 Å². The predicted octanol–water partition coefficient (Wildman–Crippen LogP) is 3.99. The standard InChI is InChI=1S/C17H14BCl3NO/c1-13-12-16(17(19,20)21)22-18(23-13,14-8-4-2-5-9-14)15-10-6-3-7-11-15/h2-12H,1H3/q-1. The summed E-state index contributed by atoms with van der Waals surface area (Å²) in [5.74, 6) is 0.661. The van der Waals surface area contributed by atoms with Gasteiger partial charge in [-0.3, -0.25) is 0 Å². The molecule has 2 nitrogen and oxygen atoms in total. The molecule has 0 bridgehead atoms. The van der Waals surface area contributed by atoms with E-state index in [1.54, 1.807) is 6.08 Å². The molecule has 0 atom stereocenters. The van der Waals surface area contributed by atoms with Gasteiger partial charge in [-0.15, -0.1) is 10.9 Å². The molecule has 0 saturated heterocycles. The zero-order valence-electron chi connectivity index (χ0n) is 12.4. The van der Waals surface area contributed by atoms with Crippen LogP contribution >= 0.6 is 34.8 Å². The van der Waals surface area contributed by atoms with Gasteiger partial charge in [0.05, 0.1) is 0 Å². The fourth-order valence-electron chi connectivity index (χ4n) is 2.82. The number of halogens is 3. The van der Waals surface area contributed by atoms with Gasteiger partial charge in [0, 0.05) is 11.5 Å². The van der Waals surface area contributed by atoms with E-state index in [-0.39, 0.29) is 0 Å². The number of allylic oxidation sites excluding steroid dienone is 2. The van der Waals surface area contributed by atoms with Crippen LogP contribution in [0.25, 0.3) is 0 Å². The first-order valence-electron chi connectivity index (χ1n) is 7.21. The van der Waals surface area contributed by atoms with Gasteiger partial charge in [-0.1, -0.05) is 95.5 Å². The van der Waals surface area contributed by atoms with Crippen LogP contribution in [0.3, 0.4) is 0 Å². The summed E-state index contributed by atoms with van der Waals surface area (Å²) in [6.07, 6.45) is 1.67. The quantitative estimate of drug-likeness (QED) is 0.583. The van der Waals surface area contributed by atoms with Gasteiger partial charge in [0.15, 0.2) is 0 Å². The van der Waals surface area contributed by atoms with Crippen molar-refractivity contribution < 1.29 is 4.65 Å². The summed E-state index contributed by atoms with van der Waals surface area (Å²) in [6, 6.07) is 19.6. The number of hydrogen-bond acceptors (Lipinski definition) is 2. The summed E-state index contributed by atoms with van der Waals surface area (Å²) >= 11 is 18.3. The summed E-state index contributed by atoms with van der Waals surface area (Å²) in [4.78, 5) is 4.76. The molecule has 118 valence electrons. The van der Waals surface area contributed by atoms with Crippen LogP contribution in [-0.4, -0.2) is 16.0 Å². The minimum Gasteiger partial charge on any atom is -0.692 e. The number of nitrogens with zero attached hydrogens (tertiary/aromatic N) is 1. The van der Waals surface area contributed by atoms with Gasteiger partial charge >= 0.3 is 6.48 Å². The second-order valence-electron chi connectivity index (χ2n) is 5.45. The summed E-state index contributed by atoms with van der Waals surface area (Å²) < 4.78 is 4.62. The van der Waals surface area contributed by atoms with Crippen LogP contribution in [0.1, 0.15) is 6.92 Å². The van der Waals surface area contributed by atoms with Crippen molar-refractivity contribution in [2.45, 2.75) is 10.7 Å². The first-order valence-corrected chi connectivity index (χ1v) is 8.35. The maximum absolute atomic E-state index is 6.23. The molecule has 1 aliphatic heterocycles. The average molecular weight is 365 g/mol. The van der Waals surface area contributed by atoms with Gasteiger partial charge in [-0.25, -0.2) is 0 Å². The average Bonchev–Trinajstić information content (AvgIpc) is 2.55. The SMILES string of the molecule is CC1=CC(C(Cl)(Cl)Cl)=N[B-](c2ccccc2)(c2ccccc2)O1. The van der Waals surface area contributed by atoms with E-state index in [2.05, 4.69) is 0 Å². The highest BCUT2D eigenvalue weighted by atomic mass is 35.6. The van der Waals surface area contributed by atoms with Crippen LogP contribution in [0.15, 0.2) is 77.4 Å². The number of hydrogen-bond donors (Lipinski definition) is 0. The fraction of sp³-hybridized carbons (Fsp3) is 0.118. The number of rotatable bonds is 2. The number of benzene rings is 2. The van der Waals surface area contributed by atoms with Crippen molar-refractivity contribution in [1.29, 1.82) is 0 Å². The van der Waals surface area contributed by atoms with Crippen molar-refractivity contribution in [3.8, 4) is 0 Å². The zero-order chi connectivity index (χ0) is 16.5. The van der Waals surface area contributed by atoms with Crippen LogP contribution < -0.4 is 10.9 Å². The number of alkyl halides is 3. The molecule has 2 aromatic rings. The second-order valence-corrected chi connectivity index (χ2v) is 7.73. The first kappa shape index (κ1) is 16.4. The monoisotopic (exact) mass is 364 g/mol. The van der Waals surface area contributed by atoms with Crippen LogP contribution in [0.2, 0.25) is 0 Å². The molecular weight excluding hydrogens is 351 g/mol. The minimum absolute atomic E-state index is 0.374. The van der Waals surface area contributed by atoms with Crippen LogP contribution in [0, 0.1) is 0 Å². The Balaban J connectivity index is 2.26. The van der Waals surface area contributed by atoms with Crippen LogP contribution in [-0.2, 0) is 4.65 Å². The molecule has 6 heteroatoms. The third-order valence-electron chi connectivity index (χ3n) is 3.81. The molecule has 1 heterocycles. The third-order valence-corrected chi connectivity index (χ3v) is 4.39. The van der Waals surface area contributed by atoms with Gasteiger partial charge in [-0.2, -0.15) is 0 Å². The minimum atomic E-state index is -1.89. The van der Waals surface area contributed by atoms with E-state index in [1.165, 1.54) is 0 Å². The lowest BCUT2D eigenvalue weighted by Crippen LogP contribution is -2.61. The van der Waals surface area contributed by atoms with Gasteiger partial charge in [0.2, 0.25) is 3.79 Å². The van der Waals surface area contributed by atoms with Gasteiger partial charge in [0.25, 0.3) is 0 Å². The Bertz CT molecular complexity index is 715. The van der Waals surface area contributed by atoms with Crippen molar-refractivity contribution in [3.63, 3.8) is 0 Å². The fourth-order valence-corrected chi connectivity index (χ4v) is 3.13. The summed E-state index contributed by atoms with van der Waals surface area (Å²) in [5, 5.41) is 0. The van der Waals surface area contributed by atoms with Crippen molar-refractivity contribution in [3.05, 3.63) is 72.5 Å². The molecule has 0 saturated carbocycles. The molecule has 0 N–H and O–H groups in total. The Morgan fingerprint density at radius 1 is 0.870 bits per heavy atom. The molecule has 0 radical (unpaired) electrons. The Morgan fingerprint density at radius 2 is 1.35 bits per heavy atom. The zero-order valence-corrected chi connectivity index (χ0v) is 14.7. The van der Waals surface area contributed by atoms with E-state index in [1.807, 2.05) is 67.6 Å². The highest BCUT2D eigenvalue weighted by Gasteiger charge is 2.37. The van der Waals surface area contributed by atoms with Crippen molar-refractivity contribution >= 4 is 57.9 Å². The van der Waals surface area contributed by atoms with E-state index in [0.29, 0.717) is 11.5 Å². The molecule has 0 spiro atoms. The van der Waals surface area contributed by atoms with E-state index in [4.69, 9.17) is 44.4 Å². The summed E-state index contributed by atoms with van der Waals surface area (Å²) in [7, 11) is 0. The highest BCUT2D eigenvalue weighted by molar-refractivity contribution is 6.98. The molecular formula is C17H14BCl3NO-. The van der Waals surface area contributed by atoms with E-state index < -0.39 is 10.3 Å². The lowest BCUT2D eigenvalue weighted by atomic mass is 9.42. The maximum Gasteiger partial charge on any atom is 0.335 e. The molecule has 0 aromatic heterocycles. The molecule has 2 aromatic carbocycles. The highest BCUT2D eigenvalue weighted by Crippen LogP contribution is 2.33. The Hall–Kier alpha value is -1.42. The van der Waals surface area contributed by atoms with Gasteiger partial charge in [-0.05, 0) is 13.0 Å². The lowest BCUT2D eigenvalue weighted by molar-refractivity contribution is 0.428. The summed E-state index contributed by atoms with van der Waals surface area (Å²) in [6.45, 7) is -0.0541. The maximum atomic E-state index is 6.23. The summed E-state index contributed by atoms with van der Waals surface area (Å²) in [5.41, 5.74) is 2.23. The second kappa shape index (κ2) is 6.24. The smallest absolute Gasteiger partial charge is 0.335 e. The largest absolute Gasteiger partial charge is 0.692 e. The van der Waals surface area contributed by atoms with Crippen molar-refractivity contribution in [2.75, 3.05) is 0 Å². The Kier molecular flexibility index (Phi) is 4.46.